The molecule has 1 atom stereocenters. The third-order valence-corrected chi connectivity index (χ3v) is 2.27. The van der Waals surface area contributed by atoms with Crippen LogP contribution in [0.5, 0.6) is 0 Å². The number of nitrogens with one attached hydrogen (secondary N) is 1. The highest BCUT2D eigenvalue weighted by Crippen LogP contribution is 2.23. The first-order valence-corrected chi connectivity index (χ1v) is 4.21. The molecule has 1 nitrogen and oxygen atoms in total. The standard InChI is InChI=1S/C10H13N.BrH/c1-8-6-7-9-4-2-3-5-10(9)11-8;/h2-5,8,11H,6-7H2,1H3;1H/p-1. The van der Waals surface area contributed by atoms with Gasteiger partial charge in [0.2, 0.25) is 0 Å². The van der Waals surface area contributed by atoms with Crippen LogP contribution in [0, 0.1) is 0 Å². The molecule has 2 heteroatoms. The van der Waals surface area contributed by atoms with E-state index in [-0.39, 0.29) is 17.0 Å². The molecule has 12 heavy (non-hydrogen) atoms. The fourth-order valence-corrected chi connectivity index (χ4v) is 1.59. The third kappa shape index (κ3) is 1.81. The second-order valence-electron chi connectivity index (χ2n) is 3.24. The maximum absolute atomic E-state index is 3.46. The fourth-order valence-electron chi connectivity index (χ4n) is 1.59. The van der Waals surface area contributed by atoms with Gasteiger partial charge in [-0.15, -0.1) is 0 Å². The minimum absolute atomic E-state index is 0. The zero-order chi connectivity index (χ0) is 7.68. The molecule has 0 bridgehead atoms. The second kappa shape index (κ2) is 3.94. The first-order chi connectivity index (χ1) is 5.36. The Hall–Kier alpha value is -0.500. The van der Waals surface area contributed by atoms with E-state index in [0.29, 0.717) is 6.04 Å². The molecule has 0 fully saturated rings. The normalized spacial score (nSPS) is 20.2. The molecule has 0 aromatic heterocycles. The summed E-state index contributed by atoms with van der Waals surface area (Å²) in [5, 5.41) is 3.46. The first kappa shape index (κ1) is 9.59. The summed E-state index contributed by atoms with van der Waals surface area (Å²) in [5.74, 6) is 0. The number of anilines is 1. The first-order valence-electron chi connectivity index (χ1n) is 4.21. The van der Waals surface area contributed by atoms with Crippen molar-refractivity contribution < 1.29 is 17.0 Å². The van der Waals surface area contributed by atoms with Crippen molar-refractivity contribution in [3.05, 3.63) is 29.8 Å². The molecular weight excluding hydrogens is 214 g/mol. The molecule has 0 saturated heterocycles. The molecule has 0 spiro atoms. The molecule has 1 unspecified atom stereocenters. The molecule has 1 aromatic rings. The van der Waals surface area contributed by atoms with Crippen LogP contribution in [0.2, 0.25) is 0 Å². The average Bonchev–Trinajstić information content (AvgIpc) is 2.04. The van der Waals surface area contributed by atoms with Crippen molar-refractivity contribution in [1.29, 1.82) is 0 Å². The molecule has 1 N–H and O–H groups in total. The van der Waals surface area contributed by atoms with Gasteiger partial charge in [-0.25, -0.2) is 0 Å². The Morgan fingerprint density at radius 2 is 2.08 bits per heavy atom. The summed E-state index contributed by atoms with van der Waals surface area (Å²) < 4.78 is 0. The highest BCUT2D eigenvalue weighted by Gasteiger charge is 2.11. The van der Waals surface area contributed by atoms with Crippen molar-refractivity contribution in [1.82, 2.24) is 0 Å². The van der Waals surface area contributed by atoms with E-state index in [1.807, 2.05) is 0 Å². The molecule has 66 valence electrons. The van der Waals surface area contributed by atoms with Gasteiger partial charge in [0.15, 0.2) is 0 Å². The van der Waals surface area contributed by atoms with Crippen LogP contribution in [0.25, 0.3) is 0 Å². The van der Waals surface area contributed by atoms with E-state index in [1.165, 1.54) is 24.1 Å². The lowest BCUT2D eigenvalue weighted by molar-refractivity contribution is -0.00000231. The van der Waals surface area contributed by atoms with Crippen molar-refractivity contribution in [3.63, 3.8) is 0 Å². The molecular formula is C10H13BrN-. The number of rotatable bonds is 0. The predicted molar refractivity (Wildman–Crippen MR) is 47.8 cm³/mol. The molecule has 1 aliphatic rings. The number of hydrogen-bond acceptors (Lipinski definition) is 1. The fraction of sp³-hybridized carbons (Fsp3) is 0.400. The lowest BCUT2D eigenvalue weighted by Gasteiger charge is -2.23. The van der Waals surface area contributed by atoms with Crippen LogP contribution in [0.15, 0.2) is 24.3 Å². The second-order valence-corrected chi connectivity index (χ2v) is 3.24. The zero-order valence-corrected chi connectivity index (χ0v) is 8.76. The summed E-state index contributed by atoms with van der Waals surface area (Å²) in [7, 11) is 0. The summed E-state index contributed by atoms with van der Waals surface area (Å²) in [5.41, 5.74) is 2.79. The monoisotopic (exact) mass is 226 g/mol. The molecule has 1 heterocycles. The van der Waals surface area contributed by atoms with E-state index in [9.17, 15) is 0 Å². The largest absolute Gasteiger partial charge is 1.00 e. The number of aryl methyl sites for hydroxylation is 1. The van der Waals surface area contributed by atoms with Crippen LogP contribution in [0.4, 0.5) is 5.69 Å². The Labute approximate surface area is 83.9 Å². The van der Waals surface area contributed by atoms with E-state index in [2.05, 4.69) is 36.5 Å². The van der Waals surface area contributed by atoms with Crippen LogP contribution in [-0.4, -0.2) is 6.04 Å². The molecule has 0 amide bonds. The summed E-state index contributed by atoms with van der Waals surface area (Å²) in [6, 6.07) is 9.20. The van der Waals surface area contributed by atoms with E-state index < -0.39 is 0 Å². The smallest absolute Gasteiger partial charge is 0.0374 e. The molecule has 1 aliphatic heterocycles. The van der Waals surface area contributed by atoms with Crippen LogP contribution in [0.3, 0.4) is 0 Å². The van der Waals surface area contributed by atoms with Gasteiger partial charge in [-0.2, -0.15) is 0 Å². The van der Waals surface area contributed by atoms with Crippen molar-refractivity contribution >= 4 is 5.69 Å². The number of hydrogen-bond donors (Lipinski definition) is 1. The molecule has 0 saturated carbocycles. The third-order valence-electron chi connectivity index (χ3n) is 2.27. The lowest BCUT2D eigenvalue weighted by Crippen LogP contribution is -3.00. The Morgan fingerprint density at radius 3 is 2.92 bits per heavy atom. The highest BCUT2D eigenvalue weighted by molar-refractivity contribution is 5.53. The minimum Gasteiger partial charge on any atom is -1.00 e. The van der Waals surface area contributed by atoms with Gasteiger partial charge in [-0.05, 0) is 31.4 Å². The summed E-state index contributed by atoms with van der Waals surface area (Å²) in [6.07, 6.45) is 2.49. The van der Waals surface area contributed by atoms with Gasteiger partial charge in [0, 0.05) is 11.7 Å². The quantitative estimate of drug-likeness (QED) is 0.626. The highest BCUT2D eigenvalue weighted by atomic mass is 79.9. The number of fused-ring (bicyclic) bond motifs is 1. The van der Waals surface area contributed by atoms with Crippen LogP contribution in [-0.2, 0) is 6.42 Å². The summed E-state index contributed by atoms with van der Waals surface area (Å²) >= 11 is 0. The van der Waals surface area contributed by atoms with E-state index >= 15 is 0 Å². The van der Waals surface area contributed by atoms with Gasteiger partial charge >= 0.3 is 0 Å². The van der Waals surface area contributed by atoms with E-state index in [0.717, 1.165) is 0 Å². The molecule has 0 aliphatic carbocycles. The van der Waals surface area contributed by atoms with Gasteiger partial charge in [-0.3, -0.25) is 0 Å². The number of halogens is 1. The van der Waals surface area contributed by atoms with E-state index in [1.54, 1.807) is 0 Å². The Bertz CT molecular complexity index is 260. The predicted octanol–water partition coefficient (Wildman–Crippen LogP) is -0.563. The van der Waals surface area contributed by atoms with Crippen LogP contribution in [0.1, 0.15) is 18.9 Å². The summed E-state index contributed by atoms with van der Waals surface area (Å²) in [6.45, 7) is 2.23. The van der Waals surface area contributed by atoms with Crippen LogP contribution < -0.4 is 22.3 Å². The van der Waals surface area contributed by atoms with Crippen LogP contribution >= 0.6 is 0 Å². The van der Waals surface area contributed by atoms with E-state index in [4.69, 9.17) is 0 Å². The van der Waals surface area contributed by atoms with Crippen molar-refractivity contribution in [3.8, 4) is 0 Å². The van der Waals surface area contributed by atoms with Gasteiger partial charge in [0.05, 0.1) is 0 Å². The number of benzene rings is 1. The Balaban J connectivity index is 0.000000720. The van der Waals surface area contributed by atoms with Gasteiger partial charge < -0.3 is 22.3 Å². The Kier molecular flexibility index (Phi) is 3.15. The van der Waals surface area contributed by atoms with Gasteiger partial charge in [-0.1, -0.05) is 18.2 Å². The zero-order valence-electron chi connectivity index (χ0n) is 7.18. The van der Waals surface area contributed by atoms with Crippen molar-refractivity contribution in [2.24, 2.45) is 0 Å². The van der Waals surface area contributed by atoms with Crippen molar-refractivity contribution in [2.75, 3.05) is 5.32 Å². The summed E-state index contributed by atoms with van der Waals surface area (Å²) in [4.78, 5) is 0. The maximum Gasteiger partial charge on any atom is 0.0374 e. The topological polar surface area (TPSA) is 12.0 Å². The van der Waals surface area contributed by atoms with Gasteiger partial charge in [0.25, 0.3) is 0 Å². The minimum atomic E-state index is 0. The maximum atomic E-state index is 3.46. The molecule has 2 rings (SSSR count). The molecule has 0 radical (unpaired) electrons. The van der Waals surface area contributed by atoms with Crippen molar-refractivity contribution in [2.45, 2.75) is 25.8 Å². The number of para-hydroxylation sites is 1. The lowest BCUT2D eigenvalue weighted by atomic mass is 9.99. The average molecular weight is 227 g/mol. The SMILES string of the molecule is CC1CCc2ccccc2N1.[Br-]. The van der Waals surface area contributed by atoms with Gasteiger partial charge in [0.1, 0.15) is 0 Å². The Morgan fingerprint density at radius 1 is 1.33 bits per heavy atom. The molecule has 1 aromatic carbocycles.